The number of rotatable bonds is 6. The molecule has 0 aliphatic rings. The maximum atomic E-state index is 12.4. The largest absolute Gasteiger partial charge is 0.492 e. The summed E-state index contributed by atoms with van der Waals surface area (Å²) in [4.78, 5) is 28.8. The van der Waals surface area contributed by atoms with Gasteiger partial charge in [-0.1, -0.05) is 18.2 Å². The molecule has 6 nitrogen and oxygen atoms in total. The summed E-state index contributed by atoms with van der Waals surface area (Å²) in [5, 5.41) is 0. The second-order valence-corrected chi connectivity index (χ2v) is 5.48. The number of amides is 1. The number of pyridine rings is 1. The van der Waals surface area contributed by atoms with Gasteiger partial charge in [0.25, 0.3) is 11.5 Å². The number of H-pyrrole nitrogens is 1. The highest BCUT2D eigenvalue weighted by Gasteiger charge is 2.16. The molecule has 3 aromatic rings. The first kappa shape index (κ1) is 16.6. The standard InChI is InChI=1S/C19H18N2O4/c1-21(11-13-24-14-6-3-2-4-7-14)19(23)15-9-10-16(20-18(15)22)17-8-5-12-25-17/h2-10,12H,11,13H2,1H3,(H,20,22). The first-order valence-electron chi connectivity index (χ1n) is 7.85. The van der Waals surface area contributed by atoms with Gasteiger partial charge in [-0.05, 0) is 36.4 Å². The van der Waals surface area contributed by atoms with Gasteiger partial charge in [0.2, 0.25) is 0 Å². The van der Waals surface area contributed by atoms with E-state index in [9.17, 15) is 9.59 Å². The van der Waals surface area contributed by atoms with E-state index >= 15 is 0 Å². The van der Waals surface area contributed by atoms with Crippen LogP contribution in [0.5, 0.6) is 5.75 Å². The Labute approximate surface area is 144 Å². The molecule has 0 saturated carbocycles. The smallest absolute Gasteiger partial charge is 0.261 e. The lowest BCUT2D eigenvalue weighted by Gasteiger charge is -2.17. The Kier molecular flexibility index (Phi) is 4.99. The van der Waals surface area contributed by atoms with Crippen LogP contribution >= 0.6 is 0 Å². The second kappa shape index (κ2) is 7.53. The zero-order valence-corrected chi connectivity index (χ0v) is 13.8. The summed E-state index contributed by atoms with van der Waals surface area (Å²) >= 11 is 0. The van der Waals surface area contributed by atoms with Crippen molar-refractivity contribution in [3.05, 3.63) is 76.8 Å². The first-order valence-corrected chi connectivity index (χ1v) is 7.85. The van der Waals surface area contributed by atoms with E-state index in [0.717, 1.165) is 5.75 Å². The number of hydrogen-bond acceptors (Lipinski definition) is 4. The molecule has 0 aliphatic heterocycles. The monoisotopic (exact) mass is 338 g/mol. The van der Waals surface area contributed by atoms with Crippen LogP contribution in [0.3, 0.4) is 0 Å². The molecule has 0 unspecified atom stereocenters. The highest BCUT2D eigenvalue weighted by atomic mass is 16.5. The van der Waals surface area contributed by atoms with E-state index in [1.807, 2.05) is 30.3 Å². The molecule has 2 aromatic heterocycles. The second-order valence-electron chi connectivity index (χ2n) is 5.48. The number of hydrogen-bond donors (Lipinski definition) is 1. The molecule has 3 rings (SSSR count). The van der Waals surface area contributed by atoms with Crippen molar-refractivity contribution in [1.29, 1.82) is 0 Å². The molecule has 1 N–H and O–H groups in total. The topological polar surface area (TPSA) is 75.5 Å². The zero-order valence-electron chi connectivity index (χ0n) is 13.8. The molecule has 0 fully saturated rings. The van der Waals surface area contributed by atoms with Gasteiger partial charge in [-0.15, -0.1) is 0 Å². The van der Waals surface area contributed by atoms with Crippen molar-refractivity contribution < 1.29 is 13.9 Å². The van der Waals surface area contributed by atoms with Crippen molar-refractivity contribution >= 4 is 5.91 Å². The number of aromatic amines is 1. The number of furan rings is 1. The van der Waals surface area contributed by atoms with Crippen molar-refractivity contribution in [2.45, 2.75) is 0 Å². The quantitative estimate of drug-likeness (QED) is 0.750. The molecule has 0 bridgehead atoms. The van der Waals surface area contributed by atoms with Gasteiger partial charge in [0.1, 0.15) is 23.7 Å². The van der Waals surface area contributed by atoms with Crippen molar-refractivity contribution in [3.63, 3.8) is 0 Å². The molecular weight excluding hydrogens is 320 g/mol. The summed E-state index contributed by atoms with van der Waals surface area (Å²) in [6.07, 6.45) is 1.52. The molecule has 0 spiro atoms. The van der Waals surface area contributed by atoms with Crippen LogP contribution in [0.2, 0.25) is 0 Å². The lowest BCUT2D eigenvalue weighted by atomic mass is 10.2. The van der Waals surface area contributed by atoms with Crippen molar-refractivity contribution in [3.8, 4) is 17.2 Å². The van der Waals surface area contributed by atoms with Crippen LogP contribution in [-0.2, 0) is 0 Å². The predicted octanol–water partition coefficient (Wildman–Crippen LogP) is 2.79. The van der Waals surface area contributed by atoms with Gasteiger partial charge >= 0.3 is 0 Å². The highest BCUT2D eigenvalue weighted by molar-refractivity contribution is 5.93. The average Bonchev–Trinajstić information content (AvgIpc) is 3.16. The molecule has 0 radical (unpaired) electrons. The minimum absolute atomic E-state index is 0.0810. The third-order valence-electron chi connectivity index (χ3n) is 3.71. The number of aromatic nitrogens is 1. The number of para-hydroxylation sites is 1. The normalized spacial score (nSPS) is 10.4. The Bertz CT molecular complexity index is 885. The highest BCUT2D eigenvalue weighted by Crippen LogP contribution is 2.16. The van der Waals surface area contributed by atoms with Crippen molar-refractivity contribution in [1.82, 2.24) is 9.88 Å². The van der Waals surface area contributed by atoms with Crippen LogP contribution in [0.15, 0.2) is 70.1 Å². The number of nitrogens with zero attached hydrogens (tertiary/aromatic N) is 1. The molecule has 0 atom stereocenters. The molecule has 2 heterocycles. The van der Waals surface area contributed by atoms with E-state index in [0.29, 0.717) is 24.6 Å². The van der Waals surface area contributed by atoms with E-state index in [1.165, 1.54) is 17.2 Å². The molecule has 1 aromatic carbocycles. The summed E-state index contributed by atoms with van der Waals surface area (Å²) in [6, 6.07) is 16.0. The number of nitrogens with one attached hydrogen (secondary N) is 1. The SMILES string of the molecule is CN(CCOc1ccccc1)C(=O)c1ccc(-c2ccco2)[nH]c1=O. The Morgan fingerprint density at radius 2 is 1.92 bits per heavy atom. The van der Waals surface area contributed by atoms with E-state index in [4.69, 9.17) is 9.15 Å². The van der Waals surface area contributed by atoms with E-state index in [-0.39, 0.29) is 11.5 Å². The molecule has 1 amide bonds. The molecular formula is C19H18N2O4. The van der Waals surface area contributed by atoms with Crippen LogP contribution in [-0.4, -0.2) is 36.0 Å². The molecule has 25 heavy (non-hydrogen) atoms. The van der Waals surface area contributed by atoms with Gasteiger partial charge in [0.05, 0.1) is 18.5 Å². The summed E-state index contributed by atoms with van der Waals surface area (Å²) in [7, 11) is 1.64. The minimum atomic E-state index is -0.449. The van der Waals surface area contributed by atoms with Gasteiger partial charge < -0.3 is 19.0 Å². The average molecular weight is 338 g/mol. The molecule has 0 saturated heterocycles. The predicted molar refractivity (Wildman–Crippen MR) is 93.7 cm³/mol. The Morgan fingerprint density at radius 1 is 1.12 bits per heavy atom. The number of benzene rings is 1. The van der Waals surface area contributed by atoms with Gasteiger partial charge in [0, 0.05) is 7.05 Å². The number of carbonyl (C=O) groups excluding carboxylic acids is 1. The number of carbonyl (C=O) groups is 1. The number of likely N-dealkylation sites (N-methyl/N-ethyl adjacent to an activating group) is 1. The van der Waals surface area contributed by atoms with E-state index in [1.54, 1.807) is 25.2 Å². The third-order valence-corrected chi connectivity index (χ3v) is 3.71. The third kappa shape index (κ3) is 3.98. The van der Waals surface area contributed by atoms with Crippen LogP contribution in [0.1, 0.15) is 10.4 Å². The Morgan fingerprint density at radius 3 is 2.60 bits per heavy atom. The van der Waals surface area contributed by atoms with Crippen LogP contribution in [0.4, 0.5) is 0 Å². The van der Waals surface area contributed by atoms with Crippen molar-refractivity contribution in [2.24, 2.45) is 0 Å². The Hall–Kier alpha value is -3.28. The van der Waals surface area contributed by atoms with Crippen LogP contribution < -0.4 is 10.3 Å². The summed E-state index contributed by atoms with van der Waals surface area (Å²) in [6.45, 7) is 0.710. The fourth-order valence-electron chi connectivity index (χ4n) is 2.34. The van der Waals surface area contributed by atoms with Crippen molar-refractivity contribution in [2.75, 3.05) is 20.2 Å². The van der Waals surface area contributed by atoms with Crippen LogP contribution in [0, 0.1) is 0 Å². The molecule has 128 valence electrons. The van der Waals surface area contributed by atoms with E-state index < -0.39 is 5.56 Å². The fourth-order valence-corrected chi connectivity index (χ4v) is 2.34. The Balaban J connectivity index is 1.63. The zero-order chi connectivity index (χ0) is 17.6. The number of ether oxygens (including phenoxy) is 1. The maximum absolute atomic E-state index is 12.4. The molecule has 6 heteroatoms. The van der Waals surface area contributed by atoms with Gasteiger partial charge in [-0.25, -0.2) is 0 Å². The first-order chi connectivity index (χ1) is 12.1. The van der Waals surface area contributed by atoms with Crippen LogP contribution in [0.25, 0.3) is 11.5 Å². The minimum Gasteiger partial charge on any atom is -0.492 e. The maximum Gasteiger partial charge on any atom is 0.261 e. The van der Waals surface area contributed by atoms with E-state index in [2.05, 4.69) is 4.98 Å². The van der Waals surface area contributed by atoms with Gasteiger partial charge in [-0.2, -0.15) is 0 Å². The fraction of sp³-hybridized carbons (Fsp3) is 0.158. The summed E-state index contributed by atoms with van der Waals surface area (Å²) in [5.41, 5.74) is 0.161. The lowest BCUT2D eigenvalue weighted by molar-refractivity contribution is 0.0772. The molecule has 0 aliphatic carbocycles. The lowest BCUT2D eigenvalue weighted by Crippen LogP contribution is -2.34. The van der Waals surface area contributed by atoms with Gasteiger partial charge in [-0.3, -0.25) is 9.59 Å². The van der Waals surface area contributed by atoms with Gasteiger partial charge in [0.15, 0.2) is 0 Å². The summed E-state index contributed by atoms with van der Waals surface area (Å²) < 4.78 is 10.8. The summed E-state index contributed by atoms with van der Waals surface area (Å²) in [5.74, 6) is 0.925.